The molecule has 1 aromatic carbocycles. The van der Waals surface area contributed by atoms with Gasteiger partial charge in [0.25, 0.3) is 5.69 Å². The molecule has 0 aliphatic carbocycles. The molecule has 1 heterocycles. The molecule has 0 saturated carbocycles. The number of pyridine rings is 1. The van der Waals surface area contributed by atoms with Crippen molar-refractivity contribution in [2.75, 3.05) is 7.11 Å². The first-order valence-corrected chi connectivity index (χ1v) is 5.12. The number of aromatic nitrogens is 1. The molecule has 0 spiro atoms. The quantitative estimate of drug-likeness (QED) is 0.612. The zero-order valence-corrected chi connectivity index (χ0v) is 9.57. The van der Waals surface area contributed by atoms with Crippen LogP contribution >= 0.6 is 0 Å². The average Bonchev–Trinajstić information content (AvgIpc) is 2.40. The number of nitro groups is 1. The van der Waals surface area contributed by atoms with E-state index in [-0.39, 0.29) is 11.6 Å². The smallest absolute Gasteiger partial charge is 0.287 e. The monoisotopic (exact) mass is 246 g/mol. The molecule has 92 valence electrons. The van der Waals surface area contributed by atoms with Crippen molar-refractivity contribution in [3.05, 3.63) is 52.7 Å². The van der Waals surface area contributed by atoms with Crippen LogP contribution in [0.15, 0.2) is 42.6 Å². The lowest BCUT2D eigenvalue weighted by Gasteiger charge is -2.08. The van der Waals surface area contributed by atoms with E-state index in [1.807, 2.05) is 6.07 Å². The maximum atomic E-state index is 10.5. The van der Waals surface area contributed by atoms with Crippen LogP contribution in [0.4, 0.5) is 5.69 Å². The maximum Gasteiger partial charge on any atom is 0.287 e. The molecule has 6 heteroatoms. The minimum Gasteiger partial charge on any atom is -0.493 e. The third-order valence-electron chi connectivity index (χ3n) is 2.22. The van der Waals surface area contributed by atoms with Crippen molar-refractivity contribution in [1.82, 2.24) is 4.98 Å². The Kier molecular flexibility index (Phi) is 3.38. The largest absolute Gasteiger partial charge is 0.493 e. The molecule has 0 bridgehead atoms. The van der Waals surface area contributed by atoms with Gasteiger partial charge in [-0.2, -0.15) is 0 Å². The Morgan fingerprint density at radius 1 is 1.17 bits per heavy atom. The zero-order chi connectivity index (χ0) is 13.0. The van der Waals surface area contributed by atoms with Gasteiger partial charge in [-0.25, -0.2) is 4.98 Å². The van der Waals surface area contributed by atoms with Crippen LogP contribution in [-0.2, 0) is 0 Å². The predicted octanol–water partition coefficient (Wildman–Crippen LogP) is 2.79. The summed E-state index contributed by atoms with van der Waals surface area (Å²) in [6, 6.07) is 9.85. The van der Waals surface area contributed by atoms with Gasteiger partial charge in [0, 0.05) is 12.1 Å². The Balaban J connectivity index is 2.21. The maximum absolute atomic E-state index is 10.5. The lowest BCUT2D eigenvalue weighted by atomic mass is 10.3. The van der Waals surface area contributed by atoms with E-state index in [1.54, 1.807) is 18.2 Å². The summed E-state index contributed by atoms with van der Waals surface area (Å²) in [6.07, 6.45) is 1.14. The van der Waals surface area contributed by atoms with Crippen LogP contribution in [0.3, 0.4) is 0 Å². The normalized spacial score (nSPS) is 9.83. The molecule has 0 aliphatic heterocycles. The third-order valence-corrected chi connectivity index (χ3v) is 2.22. The Morgan fingerprint density at radius 2 is 1.89 bits per heavy atom. The van der Waals surface area contributed by atoms with Gasteiger partial charge < -0.3 is 9.47 Å². The van der Waals surface area contributed by atoms with E-state index in [0.29, 0.717) is 11.5 Å². The second-order valence-electron chi connectivity index (χ2n) is 3.36. The fourth-order valence-corrected chi connectivity index (χ4v) is 1.36. The van der Waals surface area contributed by atoms with Crippen LogP contribution in [0, 0.1) is 10.1 Å². The number of benzene rings is 1. The number of hydrogen-bond donors (Lipinski definition) is 0. The summed E-state index contributed by atoms with van der Waals surface area (Å²) in [6.45, 7) is 0. The van der Waals surface area contributed by atoms with E-state index in [1.165, 1.54) is 19.2 Å². The minimum atomic E-state index is -0.514. The Hall–Kier alpha value is -2.63. The van der Waals surface area contributed by atoms with Crippen molar-refractivity contribution >= 4 is 5.69 Å². The van der Waals surface area contributed by atoms with E-state index < -0.39 is 4.92 Å². The summed E-state index contributed by atoms with van der Waals surface area (Å²) in [5, 5.41) is 10.5. The highest BCUT2D eigenvalue weighted by molar-refractivity contribution is 5.42. The number of para-hydroxylation sites is 2. The number of methoxy groups -OCH3 is 1. The van der Waals surface area contributed by atoms with Gasteiger partial charge >= 0.3 is 0 Å². The average molecular weight is 246 g/mol. The SMILES string of the molecule is COc1ccccc1Oc1ccc([N+](=O)[O-])cn1. The first-order chi connectivity index (χ1) is 8.70. The highest BCUT2D eigenvalue weighted by Gasteiger charge is 2.08. The molecule has 2 rings (SSSR count). The van der Waals surface area contributed by atoms with Crippen LogP contribution in [0.1, 0.15) is 0 Å². The fourth-order valence-electron chi connectivity index (χ4n) is 1.36. The van der Waals surface area contributed by atoms with E-state index >= 15 is 0 Å². The van der Waals surface area contributed by atoms with Crippen LogP contribution in [0.2, 0.25) is 0 Å². The van der Waals surface area contributed by atoms with E-state index in [9.17, 15) is 10.1 Å². The molecule has 0 radical (unpaired) electrons. The van der Waals surface area contributed by atoms with Gasteiger partial charge in [0.2, 0.25) is 5.88 Å². The molecule has 6 nitrogen and oxygen atoms in total. The Labute approximate surface area is 103 Å². The highest BCUT2D eigenvalue weighted by atomic mass is 16.6. The van der Waals surface area contributed by atoms with Crippen LogP contribution < -0.4 is 9.47 Å². The second kappa shape index (κ2) is 5.13. The number of hydrogen-bond acceptors (Lipinski definition) is 5. The van der Waals surface area contributed by atoms with E-state index in [0.717, 1.165) is 6.20 Å². The molecule has 2 aromatic rings. The number of ether oxygens (including phenoxy) is 2. The molecule has 0 N–H and O–H groups in total. The van der Waals surface area contributed by atoms with E-state index in [2.05, 4.69) is 4.98 Å². The first kappa shape index (κ1) is 11.8. The highest BCUT2D eigenvalue weighted by Crippen LogP contribution is 2.30. The molecule has 18 heavy (non-hydrogen) atoms. The lowest BCUT2D eigenvalue weighted by molar-refractivity contribution is -0.385. The Bertz CT molecular complexity index is 554. The lowest BCUT2D eigenvalue weighted by Crippen LogP contribution is -1.93. The van der Waals surface area contributed by atoms with Crippen LogP contribution in [0.5, 0.6) is 17.4 Å². The van der Waals surface area contributed by atoms with Gasteiger partial charge in [-0.15, -0.1) is 0 Å². The molecule has 0 saturated heterocycles. The van der Waals surface area contributed by atoms with Gasteiger partial charge in [-0.1, -0.05) is 12.1 Å². The topological polar surface area (TPSA) is 74.5 Å². The van der Waals surface area contributed by atoms with E-state index in [4.69, 9.17) is 9.47 Å². The number of nitrogens with zero attached hydrogens (tertiary/aromatic N) is 2. The molecule has 0 atom stereocenters. The molecule has 1 aromatic heterocycles. The van der Waals surface area contributed by atoms with Crippen LogP contribution in [0.25, 0.3) is 0 Å². The van der Waals surface area contributed by atoms with Crippen molar-refractivity contribution < 1.29 is 14.4 Å². The van der Waals surface area contributed by atoms with Gasteiger partial charge in [0.15, 0.2) is 11.5 Å². The molecular formula is C12H10N2O4. The predicted molar refractivity (Wildman–Crippen MR) is 64.0 cm³/mol. The summed E-state index contributed by atoms with van der Waals surface area (Å²) in [5.41, 5.74) is -0.0811. The van der Waals surface area contributed by atoms with Crippen LogP contribution in [-0.4, -0.2) is 17.0 Å². The standard InChI is InChI=1S/C12H10N2O4/c1-17-10-4-2-3-5-11(10)18-12-7-6-9(8-13-12)14(15)16/h2-8H,1H3. The number of rotatable bonds is 4. The molecule has 0 aliphatic rings. The summed E-state index contributed by atoms with van der Waals surface area (Å²) >= 11 is 0. The van der Waals surface area contributed by atoms with Crippen molar-refractivity contribution in [2.24, 2.45) is 0 Å². The van der Waals surface area contributed by atoms with Crippen molar-refractivity contribution in [3.63, 3.8) is 0 Å². The fraction of sp³-hybridized carbons (Fsp3) is 0.0833. The van der Waals surface area contributed by atoms with Crippen molar-refractivity contribution in [3.8, 4) is 17.4 Å². The zero-order valence-electron chi connectivity index (χ0n) is 9.57. The molecule has 0 fully saturated rings. The molecular weight excluding hydrogens is 236 g/mol. The second-order valence-corrected chi connectivity index (χ2v) is 3.36. The Morgan fingerprint density at radius 3 is 2.44 bits per heavy atom. The molecule has 0 unspecified atom stereocenters. The molecule has 0 amide bonds. The summed E-state index contributed by atoms with van der Waals surface area (Å²) in [5.74, 6) is 1.34. The minimum absolute atomic E-state index is 0.0811. The summed E-state index contributed by atoms with van der Waals surface area (Å²) in [7, 11) is 1.53. The van der Waals surface area contributed by atoms with Gasteiger partial charge in [0.05, 0.1) is 12.0 Å². The summed E-state index contributed by atoms with van der Waals surface area (Å²) < 4.78 is 10.6. The van der Waals surface area contributed by atoms with Gasteiger partial charge in [0.1, 0.15) is 6.20 Å². The third kappa shape index (κ3) is 2.54. The van der Waals surface area contributed by atoms with Gasteiger partial charge in [-0.3, -0.25) is 10.1 Å². The summed E-state index contributed by atoms with van der Waals surface area (Å²) in [4.78, 5) is 13.8. The van der Waals surface area contributed by atoms with Crippen molar-refractivity contribution in [1.29, 1.82) is 0 Å². The van der Waals surface area contributed by atoms with Crippen molar-refractivity contribution in [2.45, 2.75) is 0 Å². The first-order valence-electron chi connectivity index (χ1n) is 5.12. The van der Waals surface area contributed by atoms with Gasteiger partial charge in [-0.05, 0) is 12.1 Å².